The first-order chi connectivity index (χ1) is 9.22. The molecule has 0 amide bonds. The Morgan fingerprint density at radius 3 is 2.89 bits per heavy atom. The Kier molecular flexibility index (Phi) is 3.09. The molecule has 1 aromatic carbocycles. The molecule has 0 saturated carbocycles. The number of hydrogen-bond donors (Lipinski definition) is 1. The second-order valence-electron chi connectivity index (χ2n) is 4.39. The minimum absolute atomic E-state index is 0.602. The predicted octanol–water partition coefficient (Wildman–Crippen LogP) is 3.30. The normalized spacial score (nSPS) is 10.8. The number of nitrogens with one attached hydrogen (secondary N) is 1. The highest BCUT2D eigenvalue weighted by Gasteiger charge is 2.04. The van der Waals surface area contributed by atoms with E-state index in [-0.39, 0.29) is 0 Å². The Balaban J connectivity index is 1.80. The van der Waals surface area contributed by atoms with Gasteiger partial charge in [-0.15, -0.1) is 5.10 Å². The fourth-order valence-corrected chi connectivity index (χ4v) is 2.08. The van der Waals surface area contributed by atoms with E-state index in [1.807, 2.05) is 49.5 Å². The third kappa shape index (κ3) is 2.53. The average Bonchev–Trinajstić information content (AvgIpc) is 2.79. The summed E-state index contributed by atoms with van der Waals surface area (Å²) in [6, 6.07) is 11.7. The molecule has 2 aromatic heterocycles. The lowest BCUT2D eigenvalue weighted by molar-refractivity contribution is 0.942. The van der Waals surface area contributed by atoms with E-state index in [2.05, 4.69) is 15.4 Å². The molecule has 3 aromatic rings. The van der Waals surface area contributed by atoms with E-state index in [1.54, 1.807) is 4.52 Å². The van der Waals surface area contributed by atoms with Crippen LogP contribution in [0.5, 0.6) is 0 Å². The van der Waals surface area contributed by atoms with Crippen molar-refractivity contribution in [1.29, 1.82) is 0 Å². The Bertz CT molecular complexity index is 720. The van der Waals surface area contributed by atoms with E-state index >= 15 is 0 Å². The summed E-state index contributed by atoms with van der Waals surface area (Å²) >= 11 is 6.10. The molecular formula is C14H13ClN4. The van der Waals surface area contributed by atoms with Crippen molar-refractivity contribution in [1.82, 2.24) is 14.6 Å². The van der Waals surface area contributed by atoms with Gasteiger partial charge < -0.3 is 5.32 Å². The summed E-state index contributed by atoms with van der Waals surface area (Å²) in [6.07, 6.45) is 1.95. The second-order valence-corrected chi connectivity index (χ2v) is 4.80. The van der Waals surface area contributed by atoms with Gasteiger partial charge in [-0.25, -0.2) is 4.52 Å². The minimum Gasteiger partial charge on any atom is -0.349 e. The Morgan fingerprint density at radius 2 is 2.05 bits per heavy atom. The van der Waals surface area contributed by atoms with E-state index in [9.17, 15) is 0 Å². The summed E-state index contributed by atoms with van der Waals surface area (Å²) in [4.78, 5) is 4.40. The summed E-state index contributed by atoms with van der Waals surface area (Å²) in [6.45, 7) is 2.63. The molecule has 0 aliphatic carbocycles. The van der Waals surface area contributed by atoms with Gasteiger partial charge in [-0.1, -0.05) is 35.9 Å². The van der Waals surface area contributed by atoms with Gasteiger partial charge in [-0.3, -0.25) is 0 Å². The van der Waals surface area contributed by atoms with Gasteiger partial charge in [0.25, 0.3) is 0 Å². The maximum absolute atomic E-state index is 6.10. The highest BCUT2D eigenvalue weighted by molar-refractivity contribution is 6.31. The molecule has 0 aliphatic rings. The van der Waals surface area contributed by atoms with Crippen LogP contribution in [-0.2, 0) is 6.54 Å². The zero-order valence-corrected chi connectivity index (χ0v) is 11.2. The van der Waals surface area contributed by atoms with Crippen molar-refractivity contribution in [3.05, 3.63) is 58.7 Å². The van der Waals surface area contributed by atoms with Crippen LogP contribution in [0.15, 0.2) is 42.6 Å². The van der Waals surface area contributed by atoms with Crippen LogP contribution in [0.2, 0.25) is 5.02 Å². The summed E-state index contributed by atoms with van der Waals surface area (Å²) in [7, 11) is 0. The van der Waals surface area contributed by atoms with Crippen LogP contribution in [-0.4, -0.2) is 14.6 Å². The van der Waals surface area contributed by atoms with Crippen LogP contribution in [0, 0.1) is 6.92 Å². The molecule has 96 valence electrons. The van der Waals surface area contributed by atoms with E-state index < -0.39 is 0 Å². The number of anilines is 1. The first kappa shape index (κ1) is 12.0. The molecule has 1 N–H and O–H groups in total. The zero-order valence-electron chi connectivity index (χ0n) is 10.5. The number of aryl methyl sites for hydroxylation is 1. The van der Waals surface area contributed by atoms with Crippen molar-refractivity contribution in [3.8, 4) is 0 Å². The fraction of sp³-hybridized carbons (Fsp3) is 0.143. The summed E-state index contributed by atoms with van der Waals surface area (Å²) < 4.78 is 1.77. The lowest BCUT2D eigenvalue weighted by atomic mass is 10.2. The van der Waals surface area contributed by atoms with Crippen LogP contribution in [0.4, 0.5) is 5.95 Å². The monoisotopic (exact) mass is 272 g/mol. The van der Waals surface area contributed by atoms with Crippen LogP contribution in [0.1, 0.15) is 11.1 Å². The zero-order chi connectivity index (χ0) is 13.2. The Morgan fingerprint density at radius 1 is 1.21 bits per heavy atom. The third-order valence-electron chi connectivity index (χ3n) is 2.87. The quantitative estimate of drug-likeness (QED) is 0.795. The van der Waals surface area contributed by atoms with Gasteiger partial charge in [0.05, 0.1) is 0 Å². The lowest BCUT2D eigenvalue weighted by Crippen LogP contribution is -2.01. The molecule has 0 saturated heterocycles. The number of hydrogen-bond acceptors (Lipinski definition) is 3. The largest absolute Gasteiger partial charge is 0.349 e. The van der Waals surface area contributed by atoms with Crippen molar-refractivity contribution >= 4 is 23.2 Å². The van der Waals surface area contributed by atoms with Crippen molar-refractivity contribution in [2.45, 2.75) is 13.5 Å². The Labute approximate surface area is 116 Å². The van der Waals surface area contributed by atoms with Gasteiger partial charge in [-0.2, -0.15) is 4.98 Å². The third-order valence-corrected chi connectivity index (χ3v) is 3.24. The highest BCUT2D eigenvalue weighted by atomic mass is 35.5. The number of rotatable bonds is 3. The van der Waals surface area contributed by atoms with Gasteiger partial charge in [0.15, 0.2) is 5.65 Å². The van der Waals surface area contributed by atoms with Gasteiger partial charge in [0, 0.05) is 17.8 Å². The molecule has 0 fully saturated rings. The fourth-order valence-electron chi connectivity index (χ4n) is 1.88. The SMILES string of the molecule is Cc1ccc2nc(NCc3ccccc3Cl)nn2c1. The van der Waals surface area contributed by atoms with Crippen LogP contribution in [0.3, 0.4) is 0 Å². The lowest BCUT2D eigenvalue weighted by Gasteiger charge is -2.03. The molecule has 0 atom stereocenters. The van der Waals surface area contributed by atoms with Crippen molar-refractivity contribution < 1.29 is 0 Å². The smallest absolute Gasteiger partial charge is 0.243 e. The van der Waals surface area contributed by atoms with Crippen molar-refractivity contribution in [2.75, 3.05) is 5.32 Å². The van der Waals surface area contributed by atoms with E-state index in [0.29, 0.717) is 12.5 Å². The molecular weight excluding hydrogens is 260 g/mol. The molecule has 0 spiro atoms. The first-order valence-corrected chi connectivity index (χ1v) is 6.40. The summed E-state index contributed by atoms with van der Waals surface area (Å²) in [5.41, 5.74) is 3.00. The standard InChI is InChI=1S/C14H13ClN4/c1-10-6-7-13-17-14(18-19(13)9-10)16-8-11-4-2-3-5-12(11)15/h2-7,9H,8H2,1H3,(H,16,18). The molecule has 3 rings (SSSR count). The summed E-state index contributed by atoms with van der Waals surface area (Å²) in [5, 5.41) is 8.30. The van der Waals surface area contributed by atoms with Gasteiger partial charge >= 0.3 is 0 Å². The molecule has 4 nitrogen and oxygen atoms in total. The topological polar surface area (TPSA) is 42.2 Å². The minimum atomic E-state index is 0.602. The van der Waals surface area contributed by atoms with Gasteiger partial charge in [-0.05, 0) is 30.2 Å². The molecule has 0 unspecified atom stereocenters. The molecule has 0 radical (unpaired) electrons. The average molecular weight is 273 g/mol. The second kappa shape index (κ2) is 4.90. The summed E-state index contributed by atoms with van der Waals surface area (Å²) in [5.74, 6) is 0.602. The van der Waals surface area contributed by atoms with Crippen LogP contribution >= 0.6 is 11.6 Å². The number of halogens is 1. The molecule has 5 heteroatoms. The molecule has 19 heavy (non-hydrogen) atoms. The number of aromatic nitrogens is 3. The van der Waals surface area contributed by atoms with Crippen molar-refractivity contribution in [3.63, 3.8) is 0 Å². The van der Waals surface area contributed by atoms with Gasteiger partial charge in [0.2, 0.25) is 5.95 Å². The van der Waals surface area contributed by atoms with Crippen molar-refractivity contribution in [2.24, 2.45) is 0 Å². The predicted molar refractivity (Wildman–Crippen MR) is 76.5 cm³/mol. The van der Waals surface area contributed by atoms with E-state index in [1.165, 1.54) is 0 Å². The maximum Gasteiger partial charge on any atom is 0.243 e. The highest BCUT2D eigenvalue weighted by Crippen LogP contribution is 2.16. The van der Waals surface area contributed by atoms with Gasteiger partial charge in [0.1, 0.15) is 0 Å². The van der Waals surface area contributed by atoms with E-state index in [0.717, 1.165) is 21.8 Å². The van der Waals surface area contributed by atoms with Crippen LogP contribution in [0.25, 0.3) is 5.65 Å². The molecule has 0 bridgehead atoms. The number of pyridine rings is 1. The van der Waals surface area contributed by atoms with E-state index in [4.69, 9.17) is 11.6 Å². The number of benzene rings is 1. The maximum atomic E-state index is 6.10. The first-order valence-electron chi connectivity index (χ1n) is 6.03. The van der Waals surface area contributed by atoms with Crippen LogP contribution < -0.4 is 5.32 Å². The molecule has 0 aliphatic heterocycles. The number of fused-ring (bicyclic) bond motifs is 1. The Hall–Kier alpha value is -2.07. The molecule has 2 heterocycles. The number of nitrogens with zero attached hydrogens (tertiary/aromatic N) is 3.